The first kappa shape index (κ1) is 8.27. The van der Waals surface area contributed by atoms with Crippen molar-refractivity contribution >= 4 is 15.9 Å². The van der Waals surface area contributed by atoms with Gasteiger partial charge in [-0.15, -0.1) is 0 Å². The first-order valence-corrected chi connectivity index (χ1v) is 5.09. The standard InChI is InChI=1S/C10H12BrN/c1-2-12-6-8-4-3-5-10(11)9(8)7-12/h3-5H,2,6-7H2,1H3. The molecule has 0 aromatic heterocycles. The first-order chi connectivity index (χ1) is 5.81. The zero-order valence-corrected chi connectivity index (χ0v) is 8.76. The van der Waals surface area contributed by atoms with Crippen molar-refractivity contribution in [3.05, 3.63) is 33.8 Å². The van der Waals surface area contributed by atoms with Crippen LogP contribution in [-0.4, -0.2) is 11.4 Å². The van der Waals surface area contributed by atoms with E-state index in [0.717, 1.165) is 19.6 Å². The maximum atomic E-state index is 3.58. The molecule has 0 N–H and O–H groups in total. The maximum Gasteiger partial charge on any atom is 0.0251 e. The molecule has 1 aromatic carbocycles. The van der Waals surface area contributed by atoms with Gasteiger partial charge < -0.3 is 0 Å². The third-order valence-electron chi connectivity index (χ3n) is 2.44. The van der Waals surface area contributed by atoms with Crippen LogP contribution in [0.3, 0.4) is 0 Å². The summed E-state index contributed by atoms with van der Waals surface area (Å²) in [6, 6.07) is 6.45. The molecule has 0 fully saturated rings. The van der Waals surface area contributed by atoms with Crippen molar-refractivity contribution < 1.29 is 0 Å². The molecule has 0 unspecified atom stereocenters. The van der Waals surface area contributed by atoms with E-state index in [0.29, 0.717) is 0 Å². The molecule has 0 radical (unpaired) electrons. The van der Waals surface area contributed by atoms with E-state index in [4.69, 9.17) is 0 Å². The van der Waals surface area contributed by atoms with Crippen molar-refractivity contribution in [1.29, 1.82) is 0 Å². The summed E-state index contributed by atoms with van der Waals surface area (Å²) < 4.78 is 1.26. The lowest BCUT2D eigenvalue weighted by atomic mass is 10.1. The van der Waals surface area contributed by atoms with E-state index in [1.165, 1.54) is 15.6 Å². The fraction of sp³-hybridized carbons (Fsp3) is 0.400. The molecule has 1 nitrogen and oxygen atoms in total. The summed E-state index contributed by atoms with van der Waals surface area (Å²) in [6.07, 6.45) is 0. The molecular formula is C10H12BrN. The molecule has 64 valence electrons. The Hall–Kier alpha value is -0.340. The van der Waals surface area contributed by atoms with Gasteiger partial charge in [-0.1, -0.05) is 35.0 Å². The van der Waals surface area contributed by atoms with Crippen LogP contribution in [0.5, 0.6) is 0 Å². The zero-order valence-electron chi connectivity index (χ0n) is 7.18. The largest absolute Gasteiger partial charge is 0.295 e. The number of nitrogens with zero attached hydrogens (tertiary/aromatic N) is 1. The Labute approximate surface area is 81.5 Å². The SMILES string of the molecule is CCN1Cc2cccc(Br)c2C1. The predicted octanol–water partition coefficient (Wildman–Crippen LogP) is 2.78. The summed E-state index contributed by atoms with van der Waals surface area (Å²) >= 11 is 3.58. The van der Waals surface area contributed by atoms with Gasteiger partial charge in [0, 0.05) is 17.6 Å². The van der Waals surface area contributed by atoms with Gasteiger partial charge in [-0.2, -0.15) is 0 Å². The van der Waals surface area contributed by atoms with Gasteiger partial charge in [-0.05, 0) is 23.7 Å². The molecule has 1 heterocycles. The van der Waals surface area contributed by atoms with Gasteiger partial charge in [0.15, 0.2) is 0 Å². The van der Waals surface area contributed by atoms with Gasteiger partial charge in [0.25, 0.3) is 0 Å². The molecule has 0 atom stereocenters. The Bertz CT molecular complexity index is 296. The lowest BCUT2D eigenvalue weighted by Gasteiger charge is -2.09. The molecule has 12 heavy (non-hydrogen) atoms. The molecule has 2 rings (SSSR count). The summed E-state index contributed by atoms with van der Waals surface area (Å²) in [5.74, 6) is 0. The molecule has 2 heteroatoms. The molecule has 1 aliphatic heterocycles. The van der Waals surface area contributed by atoms with Gasteiger partial charge in [-0.25, -0.2) is 0 Å². The normalized spacial score (nSPS) is 16.5. The van der Waals surface area contributed by atoms with Crippen LogP contribution in [-0.2, 0) is 13.1 Å². The fourth-order valence-electron chi connectivity index (χ4n) is 1.67. The highest BCUT2D eigenvalue weighted by atomic mass is 79.9. The van der Waals surface area contributed by atoms with Crippen molar-refractivity contribution in [2.75, 3.05) is 6.54 Å². The van der Waals surface area contributed by atoms with E-state index in [9.17, 15) is 0 Å². The Kier molecular flexibility index (Phi) is 2.20. The van der Waals surface area contributed by atoms with Crippen LogP contribution in [0.1, 0.15) is 18.1 Å². The number of hydrogen-bond donors (Lipinski definition) is 0. The molecule has 0 saturated carbocycles. The van der Waals surface area contributed by atoms with Crippen LogP contribution < -0.4 is 0 Å². The highest BCUT2D eigenvalue weighted by Gasteiger charge is 2.18. The fourth-order valence-corrected chi connectivity index (χ4v) is 2.21. The molecule has 1 aromatic rings. The van der Waals surface area contributed by atoms with Crippen LogP contribution in [0.2, 0.25) is 0 Å². The average molecular weight is 226 g/mol. The number of benzene rings is 1. The highest BCUT2D eigenvalue weighted by molar-refractivity contribution is 9.10. The Morgan fingerprint density at radius 3 is 2.92 bits per heavy atom. The third kappa shape index (κ3) is 1.29. The summed E-state index contributed by atoms with van der Waals surface area (Å²) in [6.45, 7) is 5.57. The second-order valence-electron chi connectivity index (χ2n) is 3.18. The van der Waals surface area contributed by atoms with Crippen LogP contribution in [0.15, 0.2) is 22.7 Å². The summed E-state index contributed by atoms with van der Waals surface area (Å²) in [7, 11) is 0. The molecule has 0 bridgehead atoms. The molecule has 1 aliphatic rings. The van der Waals surface area contributed by atoms with E-state index in [2.05, 4.69) is 46.0 Å². The number of halogens is 1. The summed E-state index contributed by atoms with van der Waals surface area (Å²) in [4.78, 5) is 2.44. The second-order valence-corrected chi connectivity index (χ2v) is 4.04. The summed E-state index contributed by atoms with van der Waals surface area (Å²) in [5.41, 5.74) is 2.95. The van der Waals surface area contributed by atoms with Crippen molar-refractivity contribution in [3.8, 4) is 0 Å². The summed E-state index contributed by atoms with van der Waals surface area (Å²) in [5, 5.41) is 0. The van der Waals surface area contributed by atoms with Crippen LogP contribution >= 0.6 is 15.9 Å². The first-order valence-electron chi connectivity index (χ1n) is 4.30. The van der Waals surface area contributed by atoms with E-state index in [-0.39, 0.29) is 0 Å². The van der Waals surface area contributed by atoms with Gasteiger partial charge in [0.2, 0.25) is 0 Å². The Morgan fingerprint density at radius 1 is 1.42 bits per heavy atom. The Morgan fingerprint density at radius 2 is 2.25 bits per heavy atom. The van der Waals surface area contributed by atoms with Crippen LogP contribution in [0, 0.1) is 0 Å². The van der Waals surface area contributed by atoms with Gasteiger partial charge in [0.1, 0.15) is 0 Å². The third-order valence-corrected chi connectivity index (χ3v) is 3.18. The molecular weight excluding hydrogens is 214 g/mol. The number of fused-ring (bicyclic) bond motifs is 1. The topological polar surface area (TPSA) is 3.24 Å². The predicted molar refractivity (Wildman–Crippen MR) is 53.9 cm³/mol. The van der Waals surface area contributed by atoms with Gasteiger partial charge >= 0.3 is 0 Å². The highest BCUT2D eigenvalue weighted by Crippen LogP contribution is 2.28. The van der Waals surface area contributed by atoms with Gasteiger partial charge in [0.05, 0.1) is 0 Å². The van der Waals surface area contributed by atoms with E-state index >= 15 is 0 Å². The van der Waals surface area contributed by atoms with Crippen molar-refractivity contribution in [2.45, 2.75) is 20.0 Å². The monoisotopic (exact) mass is 225 g/mol. The van der Waals surface area contributed by atoms with E-state index in [1.54, 1.807) is 0 Å². The molecule has 0 saturated heterocycles. The zero-order chi connectivity index (χ0) is 8.55. The van der Waals surface area contributed by atoms with Crippen LogP contribution in [0.25, 0.3) is 0 Å². The Balaban J connectivity index is 2.35. The maximum absolute atomic E-state index is 3.58. The average Bonchev–Trinajstić information content (AvgIpc) is 2.49. The number of hydrogen-bond acceptors (Lipinski definition) is 1. The number of rotatable bonds is 1. The second kappa shape index (κ2) is 3.19. The van der Waals surface area contributed by atoms with E-state index in [1.807, 2.05) is 0 Å². The van der Waals surface area contributed by atoms with Crippen molar-refractivity contribution in [1.82, 2.24) is 4.90 Å². The lowest BCUT2D eigenvalue weighted by Crippen LogP contribution is -2.14. The van der Waals surface area contributed by atoms with E-state index < -0.39 is 0 Å². The minimum atomic E-state index is 1.10. The quantitative estimate of drug-likeness (QED) is 0.711. The molecule has 0 amide bonds. The molecule has 0 aliphatic carbocycles. The smallest absolute Gasteiger partial charge is 0.0251 e. The van der Waals surface area contributed by atoms with Gasteiger partial charge in [-0.3, -0.25) is 4.90 Å². The van der Waals surface area contributed by atoms with Crippen molar-refractivity contribution in [3.63, 3.8) is 0 Å². The lowest BCUT2D eigenvalue weighted by molar-refractivity contribution is 0.300. The van der Waals surface area contributed by atoms with Crippen LogP contribution in [0.4, 0.5) is 0 Å². The molecule has 0 spiro atoms. The minimum Gasteiger partial charge on any atom is -0.295 e. The minimum absolute atomic E-state index is 1.10. The van der Waals surface area contributed by atoms with Crippen molar-refractivity contribution in [2.24, 2.45) is 0 Å².